The van der Waals surface area contributed by atoms with Crippen molar-refractivity contribution < 1.29 is 9.50 Å². The molecule has 1 nitrogen and oxygen atoms in total. The van der Waals surface area contributed by atoms with Gasteiger partial charge in [0.05, 0.1) is 11.1 Å². The minimum absolute atomic E-state index is 0.211. The predicted molar refractivity (Wildman–Crippen MR) is 49.7 cm³/mol. The number of rotatable bonds is 1. The van der Waals surface area contributed by atoms with Gasteiger partial charge in [-0.3, -0.25) is 0 Å². The van der Waals surface area contributed by atoms with E-state index in [9.17, 15) is 4.39 Å². The second-order valence-electron chi connectivity index (χ2n) is 2.46. The molecule has 0 aliphatic rings. The molecule has 12 heavy (non-hydrogen) atoms. The molecule has 0 spiro atoms. The summed E-state index contributed by atoms with van der Waals surface area (Å²) in [5.74, 6) is -0.457. The molecule has 1 N–H and O–H groups in total. The van der Waals surface area contributed by atoms with Crippen molar-refractivity contribution in [1.82, 2.24) is 0 Å². The molecule has 0 saturated heterocycles. The molecular formula is C8H7BrClFO. The van der Waals surface area contributed by atoms with Crippen LogP contribution in [0.5, 0.6) is 0 Å². The molecule has 66 valence electrons. The topological polar surface area (TPSA) is 20.2 Å². The van der Waals surface area contributed by atoms with E-state index in [0.717, 1.165) is 0 Å². The Morgan fingerprint density at radius 1 is 1.58 bits per heavy atom. The Bertz CT molecular complexity index is 301. The van der Waals surface area contributed by atoms with Crippen LogP contribution in [0, 0.1) is 5.82 Å². The van der Waals surface area contributed by atoms with Gasteiger partial charge in [-0.15, -0.1) is 0 Å². The van der Waals surface area contributed by atoms with Gasteiger partial charge < -0.3 is 5.11 Å². The first-order chi connectivity index (χ1) is 5.52. The van der Waals surface area contributed by atoms with Crippen LogP contribution in [0.2, 0.25) is 5.02 Å². The zero-order valence-corrected chi connectivity index (χ0v) is 8.66. The monoisotopic (exact) mass is 252 g/mol. The molecule has 0 bridgehead atoms. The molecule has 1 aromatic rings. The second kappa shape index (κ2) is 3.73. The second-order valence-corrected chi connectivity index (χ2v) is 3.73. The molecule has 1 rings (SSSR count). The van der Waals surface area contributed by atoms with E-state index in [1.165, 1.54) is 19.1 Å². The van der Waals surface area contributed by atoms with Gasteiger partial charge in [0, 0.05) is 10.0 Å². The molecule has 0 aromatic heterocycles. The lowest BCUT2D eigenvalue weighted by Crippen LogP contribution is -1.95. The summed E-state index contributed by atoms with van der Waals surface area (Å²) < 4.78 is 13.5. The van der Waals surface area contributed by atoms with Crippen LogP contribution in [0.1, 0.15) is 18.6 Å². The average molecular weight is 253 g/mol. The first-order valence-corrected chi connectivity index (χ1v) is 4.52. The number of hydrogen-bond donors (Lipinski definition) is 1. The van der Waals surface area contributed by atoms with Gasteiger partial charge in [0.15, 0.2) is 0 Å². The van der Waals surface area contributed by atoms with Crippen LogP contribution in [0.15, 0.2) is 16.6 Å². The summed E-state index contributed by atoms with van der Waals surface area (Å²) in [5.41, 5.74) is 0.211. The number of aliphatic hydroxyl groups excluding tert-OH is 1. The van der Waals surface area contributed by atoms with E-state index < -0.39 is 11.9 Å². The number of hydrogen-bond acceptors (Lipinski definition) is 1. The van der Waals surface area contributed by atoms with Gasteiger partial charge in [0.25, 0.3) is 0 Å². The van der Waals surface area contributed by atoms with Crippen molar-refractivity contribution in [3.8, 4) is 0 Å². The molecule has 1 atom stereocenters. The first-order valence-electron chi connectivity index (χ1n) is 3.35. The zero-order chi connectivity index (χ0) is 9.30. The lowest BCUT2D eigenvalue weighted by molar-refractivity contribution is 0.194. The predicted octanol–water partition coefficient (Wildman–Crippen LogP) is 3.29. The molecular weight excluding hydrogens is 246 g/mol. The molecule has 0 aliphatic carbocycles. The van der Waals surface area contributed by atoms with Gasteiger partial charge >= 0.3 is 0 Å². The number of benzene rings is 1. The van der Waals surface area contributed by atoms with Gasteiger partial charge in [-0.2, -0.15) is 0 Å². The van der Waals surface area contributed by atoms with Crippen LogP contribution in [-0.4, -0.2) is 5.11 Å². The quantitative estimate of drug-likeness (QED) is 0.762. The fraction of sp³-hybridized carbons (Fsp3) is 0.250. The van der Waals surface area contributed by atoms with Gasteiger partial charge in [-0.05, 0) is 35.0 Å². The summed E-state index contributed by atoms with van der Waals surface area (Å²) in [6.45, 7) is 1.49. The van der Waals surface area contributed by atoms with Crippen LogP contribution >= 0.6 is 27.5 Å². The third kappa shape index (κ3) is 1.97. The minimum atomic E-state index is -0.837. The standard InChI is InChI=1S/C8H7BrClFO/c1-4(12)5-2-7(10)6(9)3-8(5)11/h2-4,12H,1H3. The van der Waals surface area contributed by atoms with Crippen LogP contribution in [0.3, 0.4) is 0 Å². The van der Waals surface area contributed by atoms with E-state index >= 15 is 0 Å². The van der Waals surface area contributed by atoms with E-state index in [-0.39, 0.29) is 5.56 Å². The van der Waals surface area contributed by atoms with Crippen LogP contribution in [0.4, 0.5) is 4.39 Å². The fourth-order valence-corrected chi connectivity index (χ4v) is 1.35. The molecule has 0 fully saturated rings. The molecule has 4 heteroatoms. The van der Waals surface area contributed by atoms with Crippen molar-refractivity contribution in [2.24, 2.45) is 0 Å². The molecule has 0 radical (unpaired) electrons. The Morgan fingerprint density at radius 3 is 2.67 bits per heavy atom. The van der Waals surface area contributed by atoms with Gasteiger partial charge in [0.1, 0.15) is 5.82 Å². The highest BCUT2D eigenvalue weighted by Crippen LogP contribution is 2.28. The van der Waals surface area contributed by atoms with Gasteiger partial charge in [-0.25, -0.2) is 4.39 Å². The Hall–Kier alpha value is -0.120. The third-order valence-corrected chi connectivity index (χ3v) is 2.69. The molecule has 0 heterocycles. The summed E-state index contributed by atoms with van der Waals surface area (Å²) in [7, 11) is 0. The van der Waals surface area contributed by atoms with Crippen LogP contribution < -0.4 is 0 Å². The van der Waals surface area contributed by atoms with E-state index in [2.05, 4.69) is 15.9 Å². The van der Waals surface area contributed by atoms with Crippen molar-refractivity contribution in [3.63, 3.8) is 0 Å². The maximum absolute atomic E-state index is 13.0. The summed E-state index contributed by atoms with van der Waals surface area (Å²) in [6.07, 6.45) is -0.837. The van der Waals surface area contributed by atoms with Gasteiger partial charge in [0.2, 0.25) is 0 Å². The Labute approximate surface area is 83.3 Å². The maximum Gasteiger partial charge on any atom is 0.130 e. The summed E-state index contributed by atoms with van der Waals surface area (Å²) in [6, 6.07) is 2.65. The fourth-order valence-electron chi connectivity index (χ4n) is 0.858. The van der Waals surface area contributed by atoms with Crippen molar-refractivity contribution in [2.45, 2.75) is 13.0 Å². The van der Waals surface area contributed by atoms with E-state index in [1.807, 2.05) is 0 Å². The summed E-state index contributed by atoms with van der Waals surface area (Å²) in [5, 5.41) is 9.50. The SMILES string of the molecule is CC(O)c1cc(Cl)c(Br)cc1F. The maximum atomic E-state index is 13.0. The molecule has 1 unspecified atom stereocenters. The average Bonchev–Trinajstić information content (AvgIpc) is 1.96. The van der Waals surface area contributed by atoms with Crippen molar-refractivity contribution in [3.05, 3.63) is 33.0 Å². The highest BCUT2D eigenvalue weighted by atomic mass is 79.9. The highest BCUT2D eigenvalue weighted by molar-refractivity contribution is 9.10. The number of halogens is 3. The zero-order valence-electron chi connectivity index (χ0n) is 6.31. The highest BCUT2D eigenvalue weighted by Gasteiger charge is 2.10. The summed E-state index contributed by atoms with van der Waals surface area (Å²) in [4.78, 5) is 0. The molecule has 0 saturated carbocycles. The first kappa shape index (κ1) is 9.96. The van der Waals surface area contributed by atoms with Crippen molar-refractivity contribution in [1.29, 1.82) is 0 Å². The van der Waals surface area contributed by atoms with Crippen molar-refractivity contribution >= 4 is 27.5 Å². The largest absolute Gasteiger partial charge is 0.389 e. The summed E-state index contributed by atoms with van der Waals surface area (Å²) >= 11 is 8.78. The van der Waals surface area contributed by atoms with Crippen LogP contribution in [-0.2, 0) is 0 Å². The van der Waals surface area contributed by atoms with E-state index in [1.54, 1.807) is 0 Å². The van der Waals surface area contributed by atoms with E-state index in [0.29, 0.717) is 9.50 Å². The Kier molecular flexibility index (Phi) is 3.09. The third-order valence-electron chi connectivity index (χ3n) is 1.49. The molecule has 0 aliphatic heterocycles. The number of aliphatic hydroxyl groups is 1. The normalized spacial score (nSPS) is 13.1. The lowest BCUT2D eigenvalue weighted by atomic mass is 10.1. The Morgan fingerprint density at radius 2 is 2.17 bits per heavy atom. The smallest absolute Gasteiger partial charge is 0.130 e. The Balaban J connectivity index is 3.23. The van der Waals surface area contributed by atoms with Crippen LogP contribution in [0.25, 0.3) is 0 Å². The minimum Gasteiger partial charge on any atom is -0.389 e. The van der Waals surface area contributed by atoms with E-state index in [4.69, 9.17) is 16.7 Å². The lowest BCUT2D eigenvalue weighted by Gasteiger charge is -2.07. The van der Waals surface area contributed by atoms with Crippen molar-refractivity contribution in [2.75, 3.05) is 0 Å². The molecule has 1 aromatic carbocycles. The van der Waals surface area contributed by atoms with Gasteiger partial charge in [-0.1, -0.05) is 11.6 Å². The molecule has 0 amide bonds.